The van der Waals surface area contributed by atoms with Gasteiger partial charge in [0.25, 0.3) is 0 Å². The van der Waals surface area contributed by atoms with Crippen LogP contribution in [0.15, 0.2) is 24.3 Å². The number of carbonyl (C=O) groups is 1. The Kier molecular flexibility index (Phi) is 4.41. The molecule has 1 saturated carbocycles. The van der Waals surface area contributed by atoms with Crippen molar-refractivity contribution in [3.05, 3.63) is 24.3 Å². The molecular weight excluding hydrogens is 285 g/mol. The fourth-order valence-electron chi connectivity index (χ4n) is 2.19. The first kappa shape index (κ1) is 15.6. The van der Waals surface area contributed by atoms with Gasteiger partial charge in [-0.2, -0.15) is 13.2 Å². The third kappa shape index (κ3) is 3.87. The molecule has 0 bridgehead atoms. The van der Waals surface area contributed by atoms with Gasteiger partial charge in [-0.3, -0.25) is 4.79 Å². The Hall–Kier alpha value is -1.76. The van der Waals surface area contributed by atoms with E-state index in [-0.39, 0.29) is 11.7 Å². The normalized spacial score (nSPS) is 17.0. The van der Waals surface area contributed by atoms with Crippen molar-refractivity contribution in [1.82, 2.24) is 0 Å². The summed E-state index contributed by atoms with van der Waals surface area (Å²) in [6, 6.07) is 5.79. The molecule has 1 aromatic carbocycles. The molecule has 0 spiro atoms. The molecule has 2 rings (SSSR count). The van der Waals surface area contributed by atoms with E-state index >= 15 is 0 Å². The maximum Gasteiger partial charge on any atom is 0.422 e. The van der Waals surface area contributed by atoms with Crippen molar-refractivity contribution < 1.29 is 22.7 Å². The van der Waals surface area contributed by atoms with Gasteiger partial charge in [0, 0.05) is 12.2 Å². The minimum atomic E-state index is -4.37. The summed E-state index contributed by atoms with van der Waals surface area (Å²) in [4.78, 5) is 12.1. The van der Waals surface area contributed by atoms with Gasteiger partial charge in [0.1, 0.15) is 5.75 Å². The highest BCUT2D eigenvalue weighted by Gasteiger charge is 2.42. The summed E-state index contributed by atoms with van der Waals surface area (Å²) in [5.74, 6) is -0.0392. The van der Waals surface area contributed by atoms with Gasteiger partial charge >= 0.3 is 6.18 Å². The Morgan fingerprint density at radius 1 is 1.29 bits per heavy atom. The van der Waals surface area contributed by atoms with Gasteiger partial charge in [0.05, 0.1) is 5.41 Å². The largest absolute Gasteiger partial charge is 0.484 e. The summed E-state index contributed by atoms with van der Waals surface area (Å²) >= 11 is 0. The maximum atomic E-state index is 12.1. The molecule has 0 aromatic heterocycles. The van der Waals surface area contributed by atoms with Crippen molar-refractivity contribution in [3.63, 3.8) is 0 Å². The highest BCUT2D eigenvalue weighted by Crippen LogP contribution is 2.40. The van der Waals surface area contributed by atoms with E-state index < -0.39 is 18.2 Å². The van der Waals surface area contributed by atoms with Crippen molar-refractivity contribution in [1.29, 1.82) is 0 Å². The van der Waals surface area contributed by atoms with Crippen molar-refractivity contribution in [2.75, 3.05) is 18.5 Å². The quantitative estimate of drug-likeness (QED) is 0.879. The van der Waals surface area contributed by atoms with Gasteiger partial charge in [0.15, 0.2) is 6.61 Å². The Morgan fingerprint density at radius 2 is 1.90 bits per heavy atom. The minimum absolute atomic E-state index is 0.0995. The highest BCUT2D eigenvalue weighted by atomic mass is 19.4. The molecular formula is C14H17F3N2O2. The zero-order chi connectivity index (χ0) is 15.5. The average Bonchev–Trinajstić information content (AvgIpc) is 2.36. The van der Waals surface area contributed by atoms with E-state index in [0.717, 1.165) is 19.3 Å². The standard InChI is InChI=1S/C14H17F3N2O2/c15-14(16,17)9-21-11-4-2-10(3-5-11)19-12(20)13(8-18)6-1-7-13/h2-5H,1,6-9,18H2,(H,19,20). The van der Waals surface area contributed by atoms with Gasteiger partial charge in [-0.1, -0.05) is 6.42 Å². The molecule has 0 atom stereocenters. The minimum Gasteiger partial charge on any atom is -0.484 e. The van der Waals surface area contributed by atoms with Gasteiger partial charge in [-0.05, 0) is 37.1 Å². The number of benzene rings is 1. The Morgan fingerprint density at radius 3 is 2.33 bits per heavy atom. The lowest BCUT2D eigenvalue weighted by atomic mass is 9.68. The van der Waals surface area contributed by atoms with E-state index in [9.17, 15) is 18.0 Å². The number of halogens is 3. The molecule has 0 unspecified atom stereocenters. The summed E-state index contributed by atoms with van der Waals surface area (Å²) in [7, 11) is 0. The average molecular weight is 302 g/mol. The SMILES string of the molecule is NCC1(C(=O)Nc2ccc(OCC(F)(F)F)cc2)CCC1. The van der Waals surface area contributed by atoms with Crippen LogP contribution in [0.4, 0.5) is 18.9 Å². The molecule has 21 heavy (non-hydrogen) atoms. The van der Waals surface area contributed by atoms with E-state index in [1.54, 1.807) is 0 Å². The number of carbonyl (C=O) groups excluding carboxylic acids is 1. The van der Waals surface area contributed by atoms with Crippen LogP contribution in [0.5, 0.6) is 5.75 Å². The lowest BCUT2D eigenvalue weighted by Crippen LogP contribution is -2.47. The number of nitrogens with two attached hydrogens (primary N) is 1. The number of hydrogen-bond acceptors (Lipinski definition) is 3. The third-order valence-electron chi connectivity index (χ3n) is 3.70. The van der Waals surface area contributed by atoms with Crippen LogP contribution in [0.25, 0.3) is 0 Å². The van der Waals surface area contributed by atoms with E-state index in [1.165, 1.54) is 24.3 Å². The molecule has 7 heteroatoms. The third-order valence-corrected chi connectivity index (χ3v) is 3.70. The summed E-state index contributed by atoms with van der Waals surface area (Å²) in [5.41, 5.74) is 5.66. The van der Waals surface area contributed by atoms with E-state index in [1.807, 2.05) is 0 Å². The first-order chi connectivity index (χ1) is 9.85. The van der Waals surface area contributed by atoms with Crippen LogP contribution in [0, 0.1) is 5.41 Å². The summed E-state index contributed by atoms with van der Waals surface area (Å²) in [5, 5.41) is 2.74. The molecule has 3 N–H and O–H groups in total. The summed E-state index contributed by atoms with van der Waals surface area (Å²) < 4.78 is 40.6. The van der Waals surface area contributed by atoms with Crippen LogP contribution >= 0.6 is 0 Å². The second-order valence-corrected chi connectivity index (χ2v) is 5.22. The molecule has 1 amide bonds. The van der Waals surface area contributed by atoms with Gasteiger partial charge < -0.3 is 15.8 Å². The number of nitrogens with one attached hydrogen (secondary N) is 1. The van der Waals surface area contributed by atoms with Crippen molar-refractivity contribution in [2.45, 2.75) is 25.4 Å². The molecule has 1 aromatic rings. The predicted octanol–water partition coefficient (Wildman–Crippen LogP) is 2.70. The van der Waals surface area contributed by atoms with Crippen LogP contribution in [-0.4, -0.2) is 25.2 Å². The number of ether oxygens (including phenoxy) is 1. The molecule has 0 saturated heterocycles. The van der Waals surface area contributed by atoms with Crippen LogP contribution in [0.2, 0.25) is 0 Å². The van der Waals surface area contributed by atoms with Crippen molar-refractivity contribution >= 4 is 11.6 Å². The van der Waals surface area contributed by atoms with Crippen molar-refractivity contribution in [2.24, 2.45) is 11.1 Å². The first-order valence-corrected chi connectivity index (χ1v) is 6.66. The number of rotatable bonds is 5. The molecule has 1 aliphatic carbocycles. The van der Waals surface area contributed by atoms with Crippen LogP contribution < -0.4 is 15.8 Å². The van der Waals surface area contributed by atoms with Crippen molar-refractivity contribution in [3.8, 4) is 5.75 Å². The Bertz CT molecular complexity index is 490. The fraction of sp³-hybridized carbons (Fsp3) is 0.500. The van der Waals surface area contributed by atoms with Crippen LogP contribution in [0.1, 0.15) is 19.3 Å². The molecule has 0 heterocycles. The fourth-order valence-corrected chi connectivity index (χ4v) is 2.19. The maximum absolute atomic E-state index is 12.1. The number of hydrogen-bond donors (Lipinski definition) is 2. The second kappa shape index (κ2) is 5.93. The van der Waals surface area contributed by atoms with E-state index in [4.69, 9.17) is 5.73 Å². The zero-order valence-corrected chi connectivity index (χ0v) is 11.4. The zero-order valence-electron chi connectivity index (χ0n) is 11.4. The molecule has 116 valence electrons. The molecule has 0 radical (unpaired) electrons. The van der Waals surface area contributed by atoms with Gasteiger partial charge in [0.2, 0.25) is 5.91 Å². The molecule has 1 aliphatic rings. The second-order valence-electron chi connectivity index (χ2n) is 5.22. The predicted molar refractivity (Wildman–Crippen MR) is 72.0 cm³/mol. The van der Waals surface area contributed by atoms with Crippen LogP contribution in [-0.2, 0) is 4.79 Å². The van der Waals surface area contributed by atoms with E-state index in [0.29, 0.717) is 12.2 Å². The number of alkyl halides is 3. The Balaban J connectivity index is 1.92. The number of anilines is 1. The lowest BCUT2D eigenvalue weighted by Gasteiger charge is -2.39. The Labute approximate surface area is 120 Å². The van der Waals surface area contributed by atoms with Gasteiger partial charge in [-0.25, -0.2) is 0 Å². The monoisotopic (exact) mass is 302 g/mol. The van der Waals surface area contributed by atoms with Gasteiger partial charge in [-0.15, -0.1) is 0 Å². The smallest absolute Gasteiger partial charge is 0.422 e. The number of amides is 1. The van der Waals surface area contributed by atoms with Crippen LogP contribution in [0.3, 0.4) is 0 Å². The molecule has 1 fully saturated rings. The first-order valence-electron chi connectivity index (χ1n) is 6.66. The highest BCUT2D eigenvalue weighted by molar-refractivity contribution is 5.96. The summed E-state index contributed by atoms with van der Waals surface area (Å²) in [6.45, 7) is -1.04. The topological polar surface area (TPSA) is 64.4 Å². The molecule has 4 nitrogen and oxygen atoms in total. The lowest BCUT2D eigenvalue weighted by molar-refractivity contribution is -0.153. The molecule has 0 aliphatic heterocycles. The van der Waals surface area contributed by atoms with E-state index in [2.05, 4.69) is 10.1 Å². The summed E-state index contributed by atoms with van der Waals surface area (Å²) in [6.07, 6.45) is -1.86.